The van der Waals surface area contributed by atoms with Crippen LogP contribution in [0.3, 0.4) is 0 Å². The first-order valence-electron chi connectivity index (χ1n) is 13.4. The number of amides is 2. The predicted molar refractivity (Wildman–Crippen MR) is 139 cm³/mol. The van der Waals surface area contributed by atoms with E-state index in [2.05, 4.69) is 18.2 Å². The lowest BCUT2D eigenvalue weighted by Crippen LogP contribution is -2.42. The summed E-state index contributed by atoms with van der Waals surface area (Å²) in [4.78, 5) is 40.1. The maximum Gasteiger partial charge on any atom is 0.410 e. The van der Waals surface area contributed by atoms with E-state index in [0.29, 0.717) is 38.6 Å². The zero-order valence-electron chi connectivity index (χ0n) is 22.0. The summed E-state index contributed by atoms with van der Waals surface area (Å²) in [7, 11) is 0. The molecule has 1 aromatic carbocycles. The Morgan fingerprint density at radius 2 is 1.69 bits per heavy atom. The Hall–Kier alpha value is -2.83. The van der Waals surface area contributed by atoms with Crippen molar-refractivity contribution in [1.29, 1.82) is 0 Å². The maximum absolute atomic E-state index is 12.8. The Bertz CT molecular complexity index is 970. The van der Waals surface area contributed by atoms with E-state index in [4.69, 9.17) is 9.47 Å². The number of hydrogen-bond donors (Lipinski definition) is 0. The van der Waals surface area contributed by atoms with E-state index in [1.165, 1.54) is 11.1 Å². The average molecular weight is 497 g/mol. The van der Waals surface area contributed by atoms with E-state index in [9.17, 15) is 14.4 Å². The second-order valence-corrected chi connectivity index (χ2v) is 11.3. The van der Waals surface area contributed by atoms with E-state index in [1.807, 2.05) is 32.9 Å². The maximum atomic E-state index is 12.8. The molecule has 4 rings (SSSR count). The lowest BCUT2D eigenvalue weighted by molar-refractivity contribution is -0.135. The summed E-state index contributed by atoms with van der Waals surface area (Å²) >= 11 is 0. The third-order valence-corrected chi connectivity index (χ3v) is 7.31. The fraction of sp³-hybridized carbons (Fsp3) is 0.621. The van der Waals surface area contributed by atoms with Crippen molar-refractivity contribution in [2.24, 2.45) is 11.8 Å². The van der Waals surface area contributed by atoms with E-state index < -0.39 is 5.60 Å². The lowest BCUT2D eigenvalue weighted by atomic mass is 9.98. The number of nitrogens with zero attached hydrogens (tertiary/aromatic N) is 2. The molecule has 7 heteroatoms. The van der Waals surface area contributed by atoms with Crippen LogP contribution in [0.1, 0.15) is 71.3 Å². The van der Waals surface area contributed by atoms with Crippen LogP contribution in [0.15, 0.2) is 30.3 Å². The molecule has 1 unspecified atom stereocenters. The molecule has 36 heavy (non-hydrogen) atoms. The minimum atomic E-state index is -0.468. The van der Waals surface area contributed by atoms with Crippen molar-refractivity contribution in [3.63, 3.8) is 0 Å². The first-order chi connectivity index (χ1) is 17.2. The van der Waals surface area contributed by atoms with Crippen molar-refractivity contribution in [2.45, 2.75) is 71.3 Å². The number of carbonyl (C=O) groups is 3. The Morgan fingerprint density at radius 1 is 0.972 bits per heavy atom. The molecule has 0 N–H and O–H groups in total. The number of hydrogen-bond acceptors (Lipinski definition) is 5. The molecular formula is C29H40N2O5. The molecular weight excluding hydrogens is 456 g/mol. The monoisotopic (exact) mass is 496 g/mol. The molecule has 0 aromatic heterocycles. The van der Waals surface area contributed by atoms with E-state index >= 15 is 0 Å². The second kappa shape index (κ2) is 11.5. The molecule has 1 atom stereocenters. The minimum absolute atomic E-state index is 0.0160. The minimum Gasteiger partial charge on any atom is -0.493 e. The van der Waals surface area contributed by atoms with Gasteiger partial charge >= 0.3 is 6.09 Å². The van der Waals surface area contributed by atoms with Gasteiger partial charge in [-0.1, -0.05) is 18.2 Å². The lowest BCUT2D eigenvalue weighted by Gasteiger charge is -2.33. The second-order valence-electron chi connectivity index (χ2n) is 11.3. The van der Waals surface area contributed by atoms with Crippen LogP contribution in [0.5, 0.6) is 5.75 Å². The highest BCUT2D eigenvalue weighted by molar-refractivity contribution is 5.90. The van der Waals surface area contributed by atoms with Crippen LogP contribution in [0.25, 0.3) is 5.57 Å². The zero-order chi connectivity index (χ0) is 25.7. The van der Waals surface area contributed by atoms with Crippen LogP contribution in [0.2, 0.25) is 0 Å². The summed E-state index contributed by atoms with van der Waals surface area (Å²) in [5, 5.41) is 0. The van der Waals surface area contributed by atoms with Crippen LogP contribution in [0.4, 0.5) is 4.79 Å². The highest BCUT2D eigenvalue weighted by atomic mass is 16.6. The SMILES string of the molecule is CC(C)(C)OC(=O)N1CCC(COc2ccc(C3=CCC(C(=O)N4CCC(=O)C4)CCC3)cc2)CC1. The van der Waals surface area contributed by atoms with Crippen LogP contribution >= 0.6 is 0 Å². The largest absolute Gasteiger partial charge is 0.493 e. The van der Waals surface area contributed by atoms with Crippen molar-refractivity contribution in [3.05, 3.63) is 35.9 Å². The molecule has 2 saturated heterocycles. The van der Waals surface area contributed by atoms with Gasteiger partial charge in [0.2, 0.25) is 5.91 Å². The number of allylic oxidation sites excluding steroid dienone is 2. The molecule has 3 aliphatic rings. The van der Waals surface area contributed by atoms with Crippen molar-refractivity contribution in [2.75, 3.05) is 32.8 Å². The summed E-state index contributed by atoms with van der Waals surface area (Å²) < 4.78 is 11.5. The van der Waals surface area contributed by atoms with Gasteiger partial charge in [0.25, 0.3) is 0 Å². The highest BCUT2D eigenvalue weighted by Gasteiger charge is 2.30. The first-order valence-corrected chi connectivity index (χ1v) is 13.4. The van der Waals surface area contributed by atoms with Gasteiger partial charge in [-0.25, -0.2) is 4.79 Å². The Kier molecular flexibility index (Phi) is 8.37. The third-order valence-electron chi connectivity index (χ3n) is 7.31. The first kappa shape index (κ1) is 26.2. The van der Waals surface area contributed by atoms with Crippen molar-refractivity contribution in [3.8, 4) is 5.75 Å². The van der Waals surface area contributed by atoms with Gasteiger partial charge in [-0.2, -0.15) is 0 Å². The summed E-state index contributed by atoms with van der Waals surface area (Å²) in [6.07, 6.45) is 7.85. The Morgan fingerprint density at radius 3 is 2.33 bits per heavy atom. The zero-order valence-corrected chi connectivity index (χ0v) is 22.0. The molecule has 2 fully saturated rings. The molecule has 0 radical (unpaired) electrons. The van der Waals surface area contributed by atoms with Gasteiger partial charge in [0, 0.05) is 32.0 Å². The van der Waals surface area contributed by atoms with Crippen LogP contribution < -0.4 is 4.74 Å². The van der Waals surface area contributed by atoms with Gasteiger partial charge in [0.1, 0.15) is 11.4 Å². The summed E-state index contributed by atoms with van der Waals surface area (Å²) in [5.74, 6) is 1.57. The molecule has 2 amide bonds. The number of benzene rings is 1. The Labute approximate surface area is 214 Å². The van der Waals surface area contributed by atoms with Gasteiger partial charge in [-0.3, -0.25) is 9.59 Å². The summed E-state index contributed by atoms with van der Waals surface area (Å²) in [6, 6.07) is 8.26. The fourth-order valence-electron chi connectivity index (χ4n) is 5.19. The molecule has 196 valence electrons. The molecule has 0 bridgehead atoms. The van der Waals surface area contributed by atoms with Crippen LogP contribution in [-0.4, -0.2) is 66.0 Å². The highest BCUT2D eigenvalue weighted by Crippen LogP contribution is 2.31. The summed E-state index contributed by atoms with van der Waals surface area (Å²) in [5.41, 5.74) is 1.99. The molecule has 7 nitrogen and oxygen atoms in total. The third kappa shape index (κ3) is 7.11. The molecule has 2 heterocycles. The fourth-order valence-corrected chi connectivity index (χ4v) is 5.19. The number of likely N-dealkylation sites (tertiary alicyclic amines) is 2. The van der Waals surface area contributed by atoms with E-state index in [-0.39, 0.29) is 30.2 Å². The molecule has 2 aliphatic heterocycles. The molecule has 0 saturated carbocycles. The summed E-state index contributed by atoms with van der Waals surface area (Å²) in [6.45, 7) is 8.58. The van der Waals surface area contributed by atoms with Gasteiger partial charge in [-0.15, -0.1) is 0 Å². The number of rotatable bonds is 5. The van der Waals surface area contributed by atoms with E-state index in [1.54, 1.807) is 9.80 Å². The van der Waals surface area contributed by atoms with Gasteiger partial charge in [0.05, 0.1) is 13.2 Å². The Balaban J connectivity index is 1.23. The van der Waals surface area contributed by atoms with Gasteiger partial charge in [0.15, 0.2) is 5.78 Å². The number of ketones is 1. The number of ether oxygens (including phenoxy) is 2. The van der Waals surface area contributed by atoms with Gasteiger partial charge in [-0.05, 0) is 88.5 Å². The normalized spacial score (nSPS) is 21.7. The topological polar surface area (TPSA) is 76.2 Å². The van der Waals surface area contributed by atoms with Crippen LogP contribution in [0, 0.1) is 11.8 Å². The molecule has 0 spiro atoms. The molecule has 1 aliphatic carbocycles. The van der Waals surface area contributed by atoms with Crippen molar-refractivity contribution >= 4 is 23.4 Å². The van der Waals surface area contributed by atoms with Crippen molar-refractivity contribution in [1.82, 2.24) is 9.80 Å². The van der Waals surface area contributed by atoms with Crippen molar-refractivity contribution < 1.29 is 23.9 Å². The standard InChI is InChI=1S/C29H40N2O5/c1-29(2,3)36-28(34)30-16-13-21(14-17-30)20-35-26-11-9-23(10-12-26)22-5-4-6-24(8-7-22)27(33)31-18-15-25(32)19-31/h7,9-12,21,24H,4-6,8,13-20H2,1-3H3. The molecule has 1 aromatic rings. The smallest absolute Gasteiger partial charge is 0.410 e. The van der Waals surface area contributed by atoms with Gasteiger partial charge < -0.3 is 19.3 Å². The van der Waals surface area contributed by atoms with E-state index in [0.717, 1.165) is 44.3 Å². The predicted octanol–water partition coefficient (Wildman–Crippen LogP) is 5.09. The number of Topliss-reactive ketones (excluding diaryl/α,β-unsaturated/α-hetero) is 1. The number of carbonyl (C=O) groups excluding carboxylic acids is 3. The number of piperidine rings is 1. The average Bonchev–Trinajstić information content (AvgIpc) is 3.13. The quantitative estimate of drug-likeness (QED) is 0.568. The van der Waals surface area contributed by atoms with Crippen LogP contribution in [-0.2, 0) is 14.3 Å².